The second-order valence-corrected chi connectivity index (χ2v) is 4.59. The molecule has 0 aliphatic heterocycles. The average Bonchev–Trinajstić information content (AvgIpc) is 2.83. The third-order valence-electron chi connectivity index (χ3n) is 2.85. The highest BCUT2D eigenvalue weighted by molar-refractivity contribution is 6.32. The Hall–Kier alpha value is -2.40. The number of nitrogens with one attached hydrogen (secondary N) is 1. The largest absolute Gasteiger partial charge is 0.495 e. The number of ether oxygens (including phenoxy) is 1. The van der Waals surface area contributed by atoms with Crippen molar-refractivity contribution in [1.29, 1.82) is 0 Å². The van der Waals surface area contributed by atoms with Crippen LogP contribution in [0.15, 0.2) is 40.8 Å². The molecule has 0 bridgehead atoms. The fraction of sp³-hybridized carbons (Fsp3) is 0.0714. The Kier molecular flexibility index (Phi) is 3.12. The molecule has 0 saturated heterocycles. The topological polar surface area (TPSA) is 73.3 Å². The number of anilines is 3. The first-order chi connectivity index (χ1) is 9.67. The molecule has 5 nitrogen and oxygen atoms in total. The number of halogens is 1. The molecule has 0 amide bonds. The molecule has 102 valence electrons. The van der Waals surface area contributed by atoms with E-state index in [1.54, 1.807) is 25.3 Å². The zero-order valence-electron chi connectivity index (χ0n) is 10.7. The summed E-state index contributed by atoms with van der Waals surface area (Å²) in [7, 11) is 1.57. The smallest absolute Gasteiger partial charge is 0.300 e. The van der Waals surface area contributed by atoms with E-state index in [9.17, 15) is 0 Å². The summed E-state index contributed by atoms with van der Waals surface area (Å²) in [5.74, 6) is 0.610. The van der Waals surface area contributed by atoms with E-state index in [4.69, 9.17) is 26.5 Å². The number of nitrogens with zero attached hydrogens (tertiary/aromatic N) is 1. The number of benzene rings is 2. The molecule has 2 aromatic carbocycles. The van der Waals surface area contributed by atoms with Gasteiger partial charge in [0.2, 0.25) is 0 Å². The number of nitrogens with two attached hydrogens (primary N) is 1. The first-order valence-electron chi connectivity index (χ1n) is 5.93. The molecule has 1 aromatic heterocycles. The van der Waals surface area contributed by atoms with Crippen molar-refractivity contribution in [3.8, 4) is 5.75 Å². The number of para-hydroxylation sites is 1. The number of oxazole rings is 1. The summed E-state index contributed by atoms with van der Waals surface area (Å²) in [4.78, 5) is 4.30. The van der Waals surface area contributed by atoms with Crippen molar-refractivity contribution in [3.05, 3.63) is 41.4 Å². The van der Waals surface area contributed by atoms with Crippen molar-refractivity contribution in [1.82, 2.24) is 4.98 Å². The van der Waals surface area contributed by atoms with E-state index >= 15 is 0 Å². The van der Waals surface area contributed by atoms with Crippen molar-refractivity contribution in [2.75, 3.05) is 18.2 Å². The summed E-state index contributed by atoms with van der Waals surface area (Å²) < 4.78 is 10.7. The molecule has 0 saturated carbocycles. The van der Waals surface area contributed by atoms with Gasteiger partial charge in [0, 0.05) is 5.69 Å². The van der Waals surface area contributed by atoms with Crippen molar-refractivity contribution in [2.24, 2.45) is 0 Å². The van der Waals surface area contributed by atoms with Gasteiger partial charge in [-0.05, 0) is 30.3 Å². The van der Waals surface area contributed by atoms with E-state index in [2.05, 4.69) is 10.3 Å². The van der Waals surface area contributed by atoms with Crippen LogP contribution in [0.5, 0.6) is 5.75 Å². The first kappa shape index (κ1) is 12.6. The van der Waals surface area contributed by atoms with Gasteiger partial charge < -0.3 is 20.2 Å². The van der Waals surface area contributed by atoms with Gasteiger partial charge in [0.1, 0.15) is 11.3 Å². The minimum Gasteiger partial charge on any atom is -0.495 e. The van der Waals surface area contributed by atoms with Crippen LogP contribution < -0.4 is 15.8 Å². The highest BCUT2D eigenvalue weighted by atomic mass is 35.5. The fourth-order valence-corrected chi connectivity index (χ4v) is 2.15. The lowest BCUT2D eigenvalue weighted by atomic mass is 10.3. The average molecular weight is 290 g/mol. The van der Waals surface area contributed by atoms with Gasteiger partial charge in [-0.2, -0.15) is 4.98 Å². The molecule has 0 fully saturated rings. The number of fused-ring (bicyclic) bond motifs is 1. The number of nitrogen functional groups attached to an aromatic ring is 1. The third kappa shape index (κ3) is 2.23. The van der Waals surface area contributed by atoms with Crippen LogP contribution in [0.3, 0.4) is 0 Å². The van der Waals surface area contributed by atoms with Crippen LogP contribution in [0.25, 0.3) is 11.1 Å². The number of hydrogen-bond donors (Lipinski definition) is 2. The Bertz CT molecular complexity index is 770. The van der Waals surface area contributed by atoms with Crippen LogP contribution in [0.1, 0.15) is 0 Å². The predicted octanol–water partition coefficient (Wildman–Crippen LogP) is 3.82. The highest BCUT2D eigenvalue weighted by Gasteiger charge is 2.09. The van der Waals surface area contributed by atoms with E-state index in [0.29, 0.717) is 33.6 Å². The molecule has 0 atom stereocenters. The Morgan fingerprint density at radius 2 is 2.15 bits per heavy atom. The number of methoxy groups -OCH3 is 1. The summed E-state index contributed by atoms with van der Waals surface area (Å²) >= 11 is 6.06. The van der Waals surface area contributed by atoms with Gasteiger partial charge in [0.15, 0.2) is 5.58 Å². The zero-order chi connectivity index (χ0) is 14.1. The van der Waals surface area contributed by atoms with Gasteiger partial charge in [-0.3, -0.25) is 0 Å². The molecule has 3 rings (SSSR count). The van der Waals surface area contributed by atoms with Crippen LogP contribution in [0.4, 0.5) is 17.4 Å². The maximum atomic E-state index is 6.06. The van der Waals surface area contributed by atoms with Crippen LogP contribution >= 0.6 is 11.6 Å². The monoisotopic (exact) mass is 289 g/mol. The van der Waals surface area contributed by atoms with Gasteiger partial charge in [-0.25, -0.2) is 0 Å². The maximum Gasteiger partial charge on any atom is 0.300 e. The molecule has 3 N–H and O–H groups in total. The summed E-state index contributed by atoms with van der Waals surface area (Å²) in [5.41, 5.74) is 8.43. The van der Waals surface area contributed by atoms with Crippen LogP contribution in [-0.4, -0.2) is 12.1 Å². The van der Waals surface area contributed by atoms with Crippen LogP contribution in [0, 0.1) is 0 Å². The highest BCUT2D eigenvalue weighted by Crippen LogP contribution is 2.30. The lowest BCUT2D eigenvalue weighted by molar-refractivity contribution is 0.415. The van der Waals surface area contributed by atoms with Crippen LogP contribution in [0.2, 0.25) is 5.02 Å². The molecule has 0 unspecified atom stereocenters. The summed E-state index contributed by atoms with van der Waals surface area (Å²) in [6.45, 7) is 0. The van der Waals surface area contributed by atoms with E-state index in [1.165, 1.54) is 0 Å². The van der Waals surface area contributed by atoms with Crippen molar-refractivity contribution < 1.29 is 9.15 Å². The Labute approximate surface area is 120 Å². The number of hydrogen-bond acceptors (Lipinski definition) is 5. The van der Waals surface area contributed by atoms with E-state index in [0.717, 1.165) is 5.69 Å². The summed E-state index contributed by atoms with van der Waals surface area (Å²) in [5, 5.41) is 3.55. The molecular formula is C14H12ClN3O2. The maximum absolute atomic E-state index is 6.06. The molecule has 0 radical (unpaired) electrons. The van der Waals surface area contributed by atoms with E-state index in [1.807, 2.05) is 18.2 Å². The minimum absolute atomic E-state index is 0.360. The van der Waals surface area contributed by atoms with E-state index < -0.39 is 0 Å². The summed E-state index contributed by atoms with van der Waals surface area (Å²) in [6.07, 6.45) is 0. The first-order valence-corrected chi connectivity index (χ1v) is 6.31. The van der Waals surface area contributed by atoms with Gasteiger partial charge in [0.05, 0.1) is 17.8 Å². The molecule has 0 aliphatic carbocycles. The molecule has 0 spiro atoms. The van der Waals surface area contributed by atoms with Crippen LogP contribution in [-0.2, 0) is 0 Å². The second-order valence-electron chi connectivity index (χ2n) is 4.19. The van der Waals surface area contributed by atoms with Crippen molar-refractivity contribution in [3.63, 3.8) is 0 Å². The zero-order valence-corrected chi connectivity index (χ0v) is 11.4. The lowest BCUT2D eigenvalue weighted by Gasteiger charge is -2.05. The lowest BCUT2D eigenvalue weighted by Crippen LogP contribution is -1.92. The third-order valence-corrected chi connectivity index (χ3v) is 3.15. The Morgan fingerprint density at radius 1 is 1.30 bits per heavy atom. The Morgan fingerprint density at radius 3 is 2.85 bits per heavy atom. The van der Waals surface area contributed by atoms with Gasteiger partial charge in [-0.15, -0.1) is 0 Å². The fourth-order valence-electron chi connectivity index (χ4n) is 1.89. The van der Waals surface area contributed by atoms with Gasteiger partial charge in [0.25, 0.3) is 6.01 Å². The van der Waals surface area contributed by atoms with Gasteiger partial charge >= 0.3 is 0 Å². The van der Waals surface area contributed by atoms with E-state index in [-0.39, 0.29) is 0 Å². The molecule has 0 aliphatic rings. The SMILES string of the molecule is COc1ccc(Nc2nc3c(N)cccc3o2)cc1Cl. The standard InChI is InChI=1S/C14H12ClN3O2/c1-19-11-6-5-8(7-9(11)15)17-14-18-13-10(16)3-2-4-12(13)20-14/h2-7H,16H2,1H3,(H,17,18). The minimum atomic E-state index is 0.360. The Balaban J connectivity index is 1.93. The molecule has 6 heteroatoms. The normalized spacial score (nSPS) is 10.7. The summed E-state index contributed by atoms with van der Waals surface area (Å²) in [6, 6.07) is 11.1. The van der Waals surface area contributed by atoms with Crippen molar-refractivity contribution in [2.45, 2.75) is 0 Å². The second kappa shape index (κ2) is 4.94. The quantitative estimate of drug-likeness (QED) is 0.717. The molecule has 20 heavy (non-hydrogen) atoms. The molecule has 1 heterocycles. The van der Waals surface area contributed by atoms with Crippen molar-refractivity contribution >= 4 is 40.1 Å². The number of rotatable bonds is 3. The number of aromatic nitrogens is 1. The predicted molar refractivity (Wildman–Crippen MR) is 79.7 cm³/mol. The molecule has 3 aromatic rings. The molecular weight excluding hydrogens is 278 g/mol. The van der Waals surface area contributed by atoms with Gasteiger partial charge in [-0.1, -0.05) is 17.7 Å².